The predicted octanol–water partition coefficient (Wildman–Crippen LogP) is 1.13. The van der Waals surface area contributed by atoms with Crippen LogP contribution in [0.1, 0.15) is 10.4 Å². The van der Waals surface area contributed by atoms with Gasteiger partial charge in [-0.2, -0.15) is 5.26 Å². The summed E-state index contributed by atoms with van der Waals surface area (Å²) in [6.07, 6.45) is 0. The number of rotatable bonds is 2. The van der Waals surface area contributed by atoms with Crippen molar-refractivity contribution in [2.45, 2.75) is 0 Å². The van der Waals surface area contributed by atoms with E-state index < -0.39 is 23.0 Å². The van der Waals surface area contributed by atoms with E-state index in [2.05, 4.69) is 0 Å². The molecule has 4 nitrogen and oxygen atoms in total. The van der Waals surface area contributed by atoms with E-state index in [0.717, 1.165) is 11.0 Å². The zero-order chi connectivity index (χ0) is 11.4. The lowest BCUT2D eigenvalue weighted by Crippen LogP contribution is -2.27. The highest BCUT2D eigenvalue weighted by atomic mass is 19.1. The minimum Gasteiger partial charge on any atom is -0.507 e. The topological polar surface area (TPSA) is 64.3 Å². The molecule has 0 heterocycles. The molecular weight excluding hydrogens is 199 g/mol. The maximum atomic E-state index is 13.2. The average molecular weight is 208 g/mol. The van der Waals surface area contributed by atoms with Crippen molar-refractivity contribution in [3.8, 4) is 11.8 Å². The van der Waals surface area contributed by atoms with Crippen molar-refractivity contribution >= 4 is 5.91 Å². The molecule has 1 amide bonds. The molecule has 0 spiro atoms. The third-order valence-electron chi connectivity index (χ3n) is 1.86. The number of aromatic hydroxyl groups is 1. The van der Waals surface area contributed by atoms with Gasteiger partial charge in [-0.1, -0.05) is 6.07 Å². The molecule has 0 bridgehead atoms. The van der Waals surface area contributed by atoms with Gasteiger partial charge in [0.1, 0.15) is 23.7 Å². The predicted molar refractivity (Wildman–Crippen MR) is 50.6 cm³/mol. The van der Waals surface area contributed by atoms with Gasteiger partial charge >= 0.3 is 0 Å². The quantitative estimate of drug-likeness (QED) is 0.741. The van der Waals surface area contributed by atoms with Gasteiger partial charge in [0.25, 0.3) is 5.91 Å². The fourth-order valence-corrected chi connectivity index (χ4v) is 1.09. The highest BCUT2D eigenvalue weighted by Gasteiger charge is 2.19. The first kappa shape index (κ1) is 11.0. The van der Waals surface area contributed by atoms with Gasteiger partial charge in [-0.05, 0) is 12.1 Å². The first-order valence-electron chi connectivity index (χ1n) is 4.17. The number of phenolic OH excluding ortho intramolecular Hbond substituents is 1. The van der Waals surface area contributed by atoms with Crippen molar-refractivity contribution < 1.29 is 14.3 Å². The van der Waals surface area contributed by atoms with Gasteiger partial charge in [0.05, 0.1) is 6.07 Å². The van der Waals surface area contributed by atoms with Crippen molar-refractivity contribution in [1.29, 1.82) is 5.26 Å². The molecule has 0 radical (unpaired) electrons. The Morgan fingerprint density at radius 1 is 1.67 bits per heavy atom. The lowest BCUT2D eigenvalue weighted by Gasteiger charge is -2.14. The number of carbonyl (C=O) groups is 1. The minimum absolute atomic E-state index is 0.160. The number of benzene rings is 1. The van der Waals surface area contributed by atoms with Crippen LogP contribution in [0.4, 0.5) is 4.39 Å². The Labute approximate surface area is 86.2 Å². The molecule has 0 saturated carbocycles. The molecule has 1 aromatic carbocycles. The fraction of sp³-hybridized carbons (Fsp3) is 0.200. The van der Waals surface area contributed by atoms with Gasteiger partial charge in [0.2, 0.25) is 0 Å². The molecule has 5 heteroatoms. The van der Waals surface area contributed by atoms with Crippen molar-refractivity contribution in [1.82, 2.24) is 4.90 Å². The van der Waals surface area contributed by atoms with Crippen LogP contribution in [0.25, 0.3) is 0 Å². The summed E-state index contributed by atoms with van der Waals surface area (Å²) in [6.45, 7) is -0.160. The van der Waals surface area contributed by atoms with Gasteiger partial charge in [0.15, 0.2) is 0 Å². The van der Waals surface area contributed by atoms with E-state index in [-0.39, 0.29) is 6.54 Å². The van der Waals surface area contributed by atoms with Crippen molar-refractivity contribution in [2.24, 2.45) is 0 Å². The monoisotopic (exact) mass is 208 g/mol. The molecule has 0 saturated heterocycles. The lowest BCUT2D eigenvalue weighted by atomic mass is 10.1. The van der Waals surface area contributed by atoms with E-state index in [4.69, 9.17) is 5.26 Å². The molecule has 0 aliphatic carbocycles. The van der Waals surface area contributed by atoms with Gasteiger partial charge in [-0.15, -0.1) is 0 Å². The molecule has 1 aromatic rings. The number of carbonyl (C=O) groups excluding carboxylic acids is 1. The summed E-state index contributed by atoms with van der Waals surface area (Å²) >= 11 is 0. The number of nitriles is 1. The van der Waals surface area contributed by atoms with Crippen LogP contribution in [-0.2, 0) is 0 Å². The molecule has 0 fully saturated rings. The van der Waals surface area contributed by atoms with E-state index in [9.17, 15) is 14.3 Å². The smallest absolute Gasteiger partial charge is 0.261 e. The summed E-state index contributed by atoms with van der Waals surface area (Å²) in [5.74, 6) is -1.94. The third kappa shape index (κ3) is 2.23. The van der Waals surface area contributed by atoms with Crippen LogP contribution >= 0.6 is 0 Å². The second-order valence-corrected chi connectivity index (χ2v) is 2.95. The van der Waals surface area contributed by atoms with Crippen LogP contribution in [0.3, 0.4) is 0 Å². The molecule has 78 valence electrons. The molecule has 0 aliphatic heterocycles. The molecule has 0 unspecified atom stereocenters. The maximum absolute atomic E-state index is 13.2. The lowest BCUT2D eigenvalue weighted by molar-refractivity contribution is 0.0804. The Kier molecular flexibility index (Phi) is 3.24. The Bertz CT molecular complexity index is 406. The molecule has 0 aromatic heterocycles. The SMILES string of the molecule is CN(CC#N)C(=O)c1c(O)cccc1F. The van der Waals surface area contributed by atoms with Crippen LogP contribution < -0.4 is 0 Å². The summed E-state index contributed by atoms with van der Waals surface area (Å²) < 4.78 is 13.2. The van der Waals surface area contributed by atoms with Gasteiger partial charge in [0, 0.05) is 7.05 Å². The van der Waals surface area contributed by atoms with Crippen LogP contribution in [0.15, 0.2) is 18.2 Å². The first-order chi connectivity index (χ1) is 7.07. The highest BCUT2D eigenvalue weighted by molar-refractivity contribution is 5.97. The normalized spacial score (nSPS) is 9.40. The van der Waals surface area contributed by atoms with E-state index >= 15 is 0 Å². The van der Waals surface area contributed by atoms with Gasteiger partial charge < -0.3 is 10.0 Å². The van der Waals surface area contributed by atoms with E-state index in [1.165, 1.54) is 19.2 Å². The molecule has 1 N–H and O–H groups in total. The Morgan fingerprint density at radius 3 is 2.87 bits per heavy atom. The second kappa shape index (κ2) is 4.42. The van der Waals surface area contributed by atoms with Gasteiger partial charge in [-0.3, -0.25) is 4.79 Å². The molecule has 0 aliphatic rings. The minimum atomic E-state index is -0.801. The number of halogens is 1. The second-order valence-electron chi connectivity index (χ2n) is 2.95. The van der Waals surface area contributed by atoms with Crippen molar-refractivity contribution in [3.63, 3.8) is 0 Å². The number of hydrogen-bond acceptors (Lipinski definition) is 3. The summed E-state index contributed by atoms with van der Waals surface area (Å²) in [5.41, 5.74) is -0.407. The zero-order valence-corrected chi connectivity index (χ0v) is 8.07. The van der Waals surface area contributed by atoms with Crippen LogP contribution in [0.2, 0.25) is 0 Å². The van der Waals surface area contributed by atoms with E-state index in [1.807, 2.05) is 0 Å². The summed E-state index contributed by atoms with van der Waals surface area (Å²) in [6, 6.07) is 5.35. The van der Waals surface area contributed by atoms with E-state index in [0.29, 0.717) is 0 Å². The third-order valence-corrected chi connectivity index (χ3v) is 1.86. The van der Waals surface area contributed by atoms with Crippen LogP contribution in [0, 0.1) is 17.1 Å². The standard InChI is InChI=1S/C10H9FN2O2/c1-13(6-5-12)10(15)9-7(11)3-2-4-8(9)14/h2-4,14H,6H2,1H3. The summed E-state index contributed by atoms with van der Waals surface area (Å²) in [5, 5.41) is 17.7. The van der Waals surface area contributed by atoms with Crippen molar-refractivity contribution in [2.75, 3.05) is 13.6 Å². The Balaban J connectivity index is 3.07. The number of nitrogens with zero attached hydrogens (tertiary/aromatic N) is 2. The molecule has 15 heavy (non-hydrogen) atoms. The summed E-state index contributed by atoms with van der Waals surface area (Å²) in [7, 11) is 1.36. The van der Waals surface area contributed by atoms with Crippen molar-refractivity contribution in [3.05, 3.63) is 29.6 Å². The highest BCUT2D eigenvalue weighted by Crippen LogP contribution is 2.20. The molecule has 1 rings (SSSR count). The average Bonchev–Trinajstić information content (AvgIpc) is 2.17. The molecule has 0 atom stereocenters. The van der Waals surface area contributed by atoms with Crippen LogP contribution in [0.5, 0.6) is 5.75 Å². The zero-order valence-electron chi connectivity index (χ0n) is 8.07. The Morgan fingerprint density at radius 2 is 2.33 bits per heavy atom. The number of amides is 1. The van der Waals surface area contributed by atoms with E-state index in [1.54, 1.807) is 6.07 Å². The first-order valence-corrected chi connectivity index (χ1v) is 4.17. The van der Waals surface area contributed by atoms with Gasteiger partial charge in [-0.25, -0.2) is 4.39 Å². The Hall–Kier alpha value is -2.09. The number of phenols is 1. The summed E-state index contributed by atoms with van der Waals surface area (Å²) in [4.78, 5) is 12.6. The maximum Gasteiger partial charge on any atom is 0.261 e. The van der Waals surface area contributed by atoms with Crippen LogP contribution in [-0.4, -0.2) is 29.5 Å². The number of hydrogen-bond donors (Lipinski definition) is 1. The largest absolute Gasteiger partial charge is 0.507 e. The fourth-order valence-electron chi connectivity index (χ4n) is 1.09. The molecular formula is C10H9FN2O2.